The Morgan fingerprint density at radius 1 is 1.41 bits per heavy atom. The van der Waals surface area contributed by atoms with Gasteiger partial charge in [-0.2, -0.15) is 0 Å². The fraction of sp³-hybridized carbons (Fsp3) is 0.364. The SMILES string of the molecule is BBNCc1ccccc1CN(B)CC(C)=O. The molecule has 88 valence electrons. The lowest BCUT2D eigenvalue weighted by atomic mass is 9.67. The fourth-order valence-electron chi connectivity index (χ4n) is 1.87. The van der Waals surface area contributed by atoms with Gasteiger partial charge >= 0.3 is 0 Å². The van der Waals surface area contributed by atoms with Gasteiger partial charge in [-0.1, -0.05) is 24.3 Å². The van der Waals surface area contributed by atoms with Gasteiger partial charge in [0, 0.05) is 19.6 Å². The van der Waals surface area contributed by atoms with Crippen LogP contribution in [0.2, 0.25) is 0 Å². The van der Waals surface area contributed by atoms with Crippen molar-refractivity contribution < 1.29 is 4.79 Å². The monoisotopic (exact) mass is 228 g/mol. The van der Waals surface area contributed by atoms with Gasteiger partial charge in [0.15, 0.2) is 15.3 Å². The van der Waals surface area contributed by atoms with E-state index in [1.54, 1.807) is 6.92 Å². The highest BCUT2D eigenvalue weighted by Gasteiger charge is 2.06. The van der Waals surface area contributed by atoms with Gasteiger partial charge in [0.25, 0.3) is 0 Å². The lowest BCUT2D eigenvalue weighted by Crippen LogP contribution is -2.27. The number of carbonyl (C=O) groups is 1. The summed E-state index contributed by atoms with van der Waals surface area (Å²) in [5.41, 5.74) is 2.60. The highest BCUT2D eigenvalue weighted by Crippen LogP contribution is 2.10. The molecule has 0 unspecified atom stereocenters. The molecule has 0 radical (unpaired) electrons. The van der Waals surface area contributed by atoms with E-state index in [4.69, 9.17) is 0 Å². The number of benzene rings is 1. The summed E-state index contributed by atoms with van der Waals surface area (Å²) in [6.45, 7) is 3.85. The van der Waals surface area contributed by atoms with Gasteiger partial charge in [0.2, 0.25) is 0 Å². The molecule has 0 saturated heterocycles. The van der Waals surface area contributed by atoms with E-state index < -0.39 is 0 Å². The van der Waals surface area contributed by atoms with Crippen LogP contribution in [0.4, 0.5) is 0 Å². The van der Waals surface area contributed by atoms with Crippen LogP contribution in [0.25, 0.3) is 0 Å². The summed E-state index contributed by atoms with van der Waals surface area (Å²) in [6, 6.07) is 8.37. The Labute approximate surface area is 106 Å². The molecular formula is C11H19B3N2O. The molecular weight excluding hydrogens is 209 g/mol. The van der Waals surface area contributed by atoms with Gasteiger partial charge in [-0.3, -0.25) is 4.79 Å². The molecule has 0 bridgehead atoms. The first-order valence-electron chi connectivity index (χ1n) is 6.09. The van der Waals surface area contributed by atoms with E-state index in [2.05, 4.69) is 31.2 Å². The minimum Gasteiger partial charge on any atom is -0.362 e. The Kier molecular flexibility index (Phi) is 6.09. The van der Waals surface area contributed by atoms with Gasteiger partial charge in [-0.15, -0.1) is 0 Å². The van der Waals surface area contributed by atoms with Crippen molar-refractivity contribution >= 4 is 28.8 Å². The van der Waals surface area contributed by atoms with Crippen LogP contribution in [0.15, 0.2) is 24.3 Å². The Morgan fingerprint density at radius 3 is 2.65 bits per heavy atom. The molecule has 0 aliphatic rings. The molecule has 17 heavy (non-hydrogen) atoms. The summed E-state index contributed by atoms with van der Waals surface area (Å²) in [5, 5.41) is 3.33. The molecule has 0 saturated carbocycles. The molecule has 3 nitrogen and oxygen atoms in total. The van der Waals surface area contributed by atoms with E-state index in [1.807, 2.05) is 18.9 Å². The molecule has 0 atom stereocenters. The van der Waals surface area contributed by atoms with Crippen molar-refractivity contribution in [2.24, 2.45) is 0 Å². The van der Waals surface area contributed by atoms with Crippen LogP contribution in [-0.4, -0.2) is 40.2 Å². The van der Waals surface area contributed by atoms with Crippen molar-refractivity contribution in [3.8, 4) is 0 Å². The number of rotatable bonds is 7. The quantitative estimate of drug-likeness (QED) is 0.583. The summed E-state index contributed by atoms with van der Waals surface area (Å²) in [7, 11) is 5.05. The molecule has 1 rings (SSSR count). The van der Waals surface area contributed by atoms with Gasteiger partial charge in [-0.25, -0.2) is 0 Å². The van der Waals surface area contributed by atoms with E-state index in [0.717, 1.165) is 20.4 Å². The van der Waals surface area contributed by atoms with Gasteiger partial charge < -0.3 is 10.0 Å². The second-order valence-electron chi connectivity index (χ2n) is 4.42. The maximum Gasteiger partial charge on any atom is 0.186 e. The topological polar surface area (TPSA) is 32.3 Å². The van der Waals surface area contributed by atoms with Gasteiger partial charge in [0.05, 0.1) is 7.74 Å². The second-order valence-corrected chi connectivity index (χ2v) is 4.42. The molecule has 1 N–H and O–H groups in total. The van der Waals surface area contributed by atoms with Crippen molar-refractivity contribution in [2.75, 3.05) is 6.54 Å². The Bertz CT molecular complexity index is 373. The molecule has 6 heteroatoms. The van der Waals surface area contributed by atoms with Crippen LogP contribution < -0.4 is 5.23 Å². The van der Waals surface area contributed by atoms with Crippen LogP contribution in [-0.2, 0) is 17.9 Å². The van der Waals surface area contributed by atoms with Crippen LogP contribution in [0.3, 0.4) is 0 Å². The summed E-state index contributed by atoms with van der Waals surface area (Å²) < 4.78 is 0. The van der Waals surface area contributed by atoms with E-state index >= 15 is 0 Å². The van der Waals surface area contributed by atoms with Crippen LogP contribution in [0.5, 0.6) is 0 Å². The highest BCUT2D eigenvalue weighted by molar-refractivity contribution is 6.87. The lowest BCUT2D eigenvalue weighted by Gasteiger charge is -2.18. The fourth-order valence-corrected chi connectivity index (χ4v) is 1.87. The summed E-state index contributed by atoms with van der Waals surface area (Å²) in [5.74, 6) is 0.205. The minimum absolute atomic E-state index is 0.205. The van der Waals surface area contributed by atoms with Crippen LogP contribution >= 0.6 is 0 Å². The third kappa shape index (κ3) is 5.24. The Balaban J connectivity index is 2.65. The zero-order valence-corrected chi connectivity index (χ0v) is 11.0. The second kappa shape index (κ2) is 7.35. The van der Waals surface area contributed by atoms with E-state index in [-0.39, 0.29) is 5.78 Å². The third-order valence-electron chi connectivity index (χ3n) is 2.62. The van der Waals surface area contributed by atoms with Gasteiger partial charge in [-0.05, 0) is 18.1 Å². The molecule has 0 aliphatic carbocycles. The molecule has 0 spiro atoms. The smallest absolute Gasteiger partial charge is 0.186 e. The Morgan fingerprint density at radius 2 is 2.06 bits per heavy atom. The predicted molar refractivity (Wildman–Crippen MR) is 78.6 cm³/mol. The van der Waals surface area contributed by atoms with Crippen molar-refractivity contribution in [1.82, 2.24) is 10.0 Å². The maximum atomic E-state index is 11.0. The van der Waals surface area contributed by atoms with Gasteiger partial charge in [0.1, 0.15) is 5.78 Å². The standard InChI is InChI=1S/C11H19B3N2O/c1-9(17)7-16(13)8-11-5-3-2-4-10(11)6-15-14-12/h2-5,14-15H,6-8,12-13H2,1H3. The highest BCUT2D eigenvalue weighted by atomic mass is 16.1. The normalized spacial score (nSPS) is 10.5. The van der Waals surface area contributed by atoms with E-state index in [1.165, 1.54) is 11.1 Å². The average molecular weight is 228 g/mol. The molecule has 0 amide bonds. The zero-order chi connectivity index (χ0) is 12.7. The van der Waals surface area contributed by atoms with E-state index in [0.29, 0.717) is 6.54 Å². The molecule has 1 aromatic rings. The summed E-state index contributed by atoms with van der Waals surface area (Å²) >= 11 is 0. The summed E-state index contributed by atoms with van der Waals surface area (Å²) in [6.07, 6.45) is 0. The first-order chi connectivity index (χ1) is 8.13. The molecule has 0 fully saturated rings. The van der Waals surface area contributed by atoms with E-state index in [9.17, 15) is 4.79 Å². The van der Waals surface area contributed by atoms with Crippen molar-refractivity contribution in [3.05, 3.63) is 35.4 Å². The predicted octanol–water partition coefficient (Wildman–Crippen LogP) is -1.39. The largest absolute Gasteiger partial charge is 0.362 e. The molecule has 0 heterocycles. The number of Topliss-reactive ketones (excluding diaryl/α,β-unsaturated/α-hetero) is 1. The number of nitrogens with zero attached hydrogens (tertiary/aromatic N) is 1. The molecule has 0 aromatic heterocycles. The zero-order valence-electron chi connectivity index (χ0n) is 11.0. The maximum absolute atomic E-state index is 11.0. The average Bonchev–Trinajstić information content (AvgIpc) is 2.26. The first kappa shape index (κ1) is 14.1. The number of hydrogen-bond donors (Lipinski definition) is 1. The number of carbonyl (C=O) groups excluding carboxylic acids is 1. The number of hydrogen-bond acceptors (Lipinski definition) is 3. The van der Waals surface area contributed by atoms with Crippen LogP contribution in [0.1, 0.15) is 18.1 Å². The molecule has 0 aliphatic heterocycles. The third-order valence-corrected chi connectivity index (χ3v) is 2.62. The van der Waals surface area contributed by atoms with Crippen molar-refractivity contribution in [1.29, 1.82) is 0 Å². The minimum atomic E-state index is 0.205. The lowest BCUT2D eigenvalue weighted by molar-refractivity contribution is -0.117. The van der Waals surface area contributed by atoms with Crippen LogP contribution in [0, 0.1) is 0 Å². The first-order valence-corrected chi connectivity index (χ1v) is 6.09. The number of nitrogens with one attached hydrogen (secondary N) is 1. The number of ketones is 1. The van der Waals surface area contributed by atoms with Crippen molar-refractivity contribution in [3.63, 3.8) is 0 Å². The summed E-state index contributed by atoms with van der Waals surface area (Å²) in [4.78, 5) is 13.1. The Hall–Kier alpha value is -0.995. The molecule has 1 aromatic carbocycles. The van der Waals surface area contributed by atoms with Crippen molar-refractivity contribution in [2.45, 2.75) is 20.0 Å².